The van der Waals surface area contributed by atoms with Crippen molar-refractivity contribution in [2.75, 3.05) is 13.2 Å². The summed E-state index contributed by atoms with van der Waals surface area (Å²) >= 11 is 0. The van der Waals surface area contributed by atoms with Crippen molar-refractivity contribution in [3.63, 3.8) is 0 Å². The van der Waals surface area contributed by atoms with E-state index in [2.05, 4.69) is 27.7 Å². The molecule has 0 saturated carbocycles. The molecule has 0 radical (unpaired) electrons. The fourth-order valence-electron chi connectivity index (χ4n) is 6.03. The third kappa shape index (κ3) is 22.3. The quantitative estimate of drug-likeness (QED) is 0.0516. The zero-order valence-electron chi connectivity index (χ0n) is 28.5. The van der Waals surface area contributed by atoms with E-state index in [9.17, 15) is 9.59 Å². The molecular weight excluding hydrogens is 520 g/mol. The first kappa shape index (κ1) is 38.7. The van der Waals surface area contributed by atoms with Gasteiger partial charge in [0.25, 0.3) is 0 Å². The Bertz CT molecular complexity index is 612. The van der Waals surface area contributed by atoms with Crippen molar-refractivity contribution in [2.24, 2.45) is 23.7 Å². The molecule has 42 heavy (non-hydrogen) atoms. The van der Waals surface area contributed by atoms with Crippen LogP contribution in [-0.4, -0.2) is 25.2 Å². The van der Waals surface area contributed by atoms with Crippen LogP contribution in [0.25, 0.3) is 0 Å². The smallest absolute Gasteiger partial charge is 0.310 e. The number of unbranched alkanes of at least 4 members (excludes halogenated alkanes) is 18. The maximum atomic E-state index is 12.8. The van der Waals surface area contributed by atoms with Gasteiger partial charge in [-0.05, 0) is 37.5 Å². The molecule has 0 heterocycles. The van der Waals surface area contributed by atoms with Crippen LogP contribution in [0.2, 0.25) is 0 Å². The minimum Gasteiger partial charge on any atom is -0.465 e. The van der Waals surface area contributed by atoms with Crippen LogP contribution in [0.5, 0.6) is 0 Å². The van der Waals surface area contributed by atoms with E-state index >= 15 is 0 Å². The van der Waals surface area contributed by atoms with E-state index in [1.807, 2.05) is 12.2 Å². The second-order valence-electron chi connectivity index (χ2n) is 13.9. The highest BCUT2D eigenvalue weighted by molar-refractivity contribution is 5.82. The van der Waals surface area contributed by atoms with E-state index in [4.69, 9.17) is 9.47 Å². The van der Waals surface area contributed by atoms with Crippen LogP contribution in [0.15, 0.2) is 12.2 Å². The lowest BCUT2D eigenvalue weighted by atomic mass is 9.83. The monoisotopic (exact) mass is 591 g/mol. The number of ether oxygens (including phenoxy) is 2. The van der Waals surface area contributed by atoms with Crippen LogP contribution >= 0.6 is 0 Å². The molecule has 0 spiro atoms. The Labute approximate surface area is 261 Å². The van der Waals surface area contributed by atoms with Crippen molar-refractivity contribution in [3.8, 4) is 0 Å². The van der Waals surface area contributed by atoms with Gasteiger partial charge >= 0.3 is 11.9 Å². The molecule has 2 unspecified atom stereocenters. The van der Waals surface area contributed by atoms with Gasteiger partial charge < -0.3 is 9.47 Å². The second kappa shape index (κ2) is 27.2. The van der Waals surface area contributed by atoms with Crippen molar-refractivity contribution in [1.82, 2.24) is 0 Å². The molecule has 4 heteroatoms. The number of allylic oxidation sites excluding steroid dienone is 2. The largest absolute Gasteiger partial charge is 0.465 e. The van der Waals surface area contributed by atoms with Crippen molar-refractivity contribution in [2.45, 2.75) is 182 Å². The number of hydrogen-bond acceptors (Lipinski definition) is 4. The van der Waals surface area contributed by atoms with E-state index in [1.165, 1.54) is 116 Å². The third-order valence-corrected chi connectivity index (χ3v) is 8.88. The molecule has 1 aliphatic carbocycles. The Morgan fingerprint density at radius 2 is 0.738 bits per heavy atom. The average molecular weight is 591 g/mol. The van der Waals surface area contributed by atoms with Crippen LogP contribution in [0.4, 0.5) is 0 Å². The van der Waals surface area contributed by atoms with Crippen LogP contribution in [0, 0.1) is 23.7 Å². The van der Waals surface area contributed by atoms with Gasteiger partial charge in [-0.2, -0.15) is 0 Å². The van der Waals surface area contributed by atoms with Gasteiger partial charge in [0.2, 0.25) is 0 Å². The molecule has 0 amide bonds. The van der Waals surface area contributed by atoms with Gasteiger partial charge in [0.05, 0.1) is 25.0 Å². The maximum Gasteiger partial charge on any atom is 0.310 e. The molecule has 4 nitrogen and oxygen atoms in total. The second-order valence-corrected chi connectivity index (χ2v) is 13.9. The first-order valence-electron chi connectivity index (χ1n) is 18.4. The topological polar surface area (TPSA) is 52.6 Å². The van der Waals surface area contributed by atoms with E-state index in [0.717, 1.165) is 37.5 Å². The molecule has 0 aromatic heterocycles. The molecule has 0 saturated heterocycles. The Balaban J connectivity index is 2.02. The molecule has 0 aromatic rings. The standard InChI is InChI=1S/C38H70O4/c1-33(2)27-21-17-13-9-5-7-11-15-19-25-31-41-37(39)35-29-23-24-30-36(35)38(40)42-32-26-20-16-12-8-6-10-14-18-22-28-34(3)4/h23-24,33-36H,5-22,25-32H2,1-4H3. The predicted molar refractivity (Wildman–Crippen MR) is 179 cm³/mol. The summed E-state index contributed by atoms with van der Waals surface area (Å²) in [6.07, 6.45) is 33.3. The summed E-state index contributed by atoms with van der Waals surface area (Å²) in [4.78, 5) is 25.5. The van der Waals surface area contributed by atoms with Gasteiger partial charge in [-0.1, -0.05) is 168 Å². The van der Waals surface area contributed by atoms with Crippen molar-refractivity contribution in [1.29, 1.82) is 0 Å². The molecule has 1 aliphatic rings. The van der Waals surface area contributed by atoms with Crippen LogP contribution in [0.3, 0.4) is 0 Å². The highest BCUT2D eigenvalue weighted by Gasteiger charge is 2.36. The fraction of sp³-hybridized carbons (Fsp3) is 0.895. The minimum absolute atomic E-state index is 0.223. The van der Waals surface area contributed by atoms with Crippen LogP contribution < -0.4 is 0 Å². The molecule has 0 bridgehead atoms. The Hall–Kier alpha value is -1.32. The van der Waals surface area contributed by atoms with Gasteiger partial charge in [-0.15, -0.1) is 0 Å². The Morgan fingerprint density at radius 3 is 1.02 bits per heavy atom. The highest BCUT2D eigenvalue weighted by atomic mass is 16.5. The maximum absolute atomic E-state index is 12.8. The number of esters is 2. The summed E-state index contributed by atoms with van der Waals surface area (Å²) in [5, 5.41) is 0. The summed E-state index contributed by atoms with van der Waals surface area (Å²) in [6.45, 7) is 10.2. The molecular formula is C38H70O4. The van der Waals surface area contributed by atoms with Crippen molar-refractivity contribution in [3.05, 3.63) is 12.2 Å². The van der Waals surface area contributed by atoms with Gasteiger partial charge in [0, 0.05) is 0 Å². The molecule has 0 N–H and O–H groups in total. The first-order chi connectivity index (χ1) is 20.4. The van der Waals surface area contributed by atoms with Gasteiger partial charge in [-0.25, -0.2) is 0 Å². The Morgan fingerprint density at radius 1 is 0.476 bits per heavy atom. The number of rotatable bonds is 28. The van der Waals surface area contributed by atoms with E-state index in [1.54, 1.807) is 0 Å². The first-order valence-corrected chi connectivity index (χ1v) is 18.4. The van der Waals surface area contributed by atoms with Gasteiger partial charge in [-0.3, -0.25) is 9.59 Å². The summed E-state index contributed by atoms with van der Waals surface area (Å²) in [6, 6.07) is 0. The molecule has 0 fully saturated rings. The zero-order valence-corrected chi connectivity index (χ0v) is 28.5. The summed E-state index contributed by atoms with van der Waals surface area (Å²) in [7, 11) is 0. The molecule has 2 atom stereocenters. The molecule has 0 aliphatic heterocycles. The summed E-state index contributed by atoms with van der Waals surface area (Å²) in [5.74, 6) is 0.439. The van der Waals surface area contributed by atoms with Crippen molar-refractivity contribution < 1.29 is 19.1 Å². The van der Waals surface area contributed by atoms with E-state index < -0.39 is 11.8 Å². The van der Waals surface area contributed by atoms with Gasteiger partial charge in [0.1, 0.15) is 0 Å². The van der Waals surface area contributed by atoms with Crippen molar-refractivity contribution >= 4 is 11.9 Å². The lowest BCUT2D eigenvalue weighted by molar-refractivity contribution is -0.161. The molecule has 246 valence electrons. The normalized spacial score (nSPS) is 16.8. The lowest BCUT2D eigenvalue weighted by Gasteiger charge is -2.25. The molecule has 1 rings (SSSR count). The average Bonchev–Trinajstić information content (AvgIpc) is 2.97. The van der Waals surface area contributed by atoms with E-state index in [0.29, 0.717) is 26.1 Å². The zero-order chi connectivity index (χ0) is 30.7. The number of carbonyl (C=O) groups is 2. The van der Waals surface area contributed by atoms with E-state index in [-0.39, 0.29) is 11.9 Å². The molecule has 0 aromatic carbocycles. The number of hydrogen-bond donors (Lipinski definition) is 0. The summed E-state index contributed by atoms with van der Waals surface area (Å²) < 4.78 is 11.2. The predicted octanol–water partition coefficient (Wildman–Crippen LogP) is 11.5. The van der Waals surface area contributed by atoms with Gasteiger partial charge in [0.15, 0.2) is 0 Å². The van der Waals surface area contributed by atoms with Crippen LogP contribution in [-0.2, 0) is 19.1 Å². The lowest BCUT2D eigenvalue weighted by Crippen LogP contribution is -2.34. The van der Waals surface area contributed by atoms with Crippen LogP contribution in [0.1, 0.15) is 182 Å². The fourth-order valence-corrected chi connectivity index (χ4v) is 6.03. The SMILES string of the molecule is CC(C)CCCCCCCCCCCCOC(=O)C1CC=CCC1C(=O)OCCCCCCCCCCCCC(C)C. The number of carbonyl (C=O) groups excluding carboxylic acids is 2. The minimum atomic E-state index is -0.395. The highest BCUT2D eigenvalue weighted by Crippen LogP contribution is 2.28. The Kier molecular flexibility index (Phi) is 25.1. The summed E-state index contributed by atoms with van der Waals surface area (Å²) in [5.41, 5.74) is 0. The third-order valence-electron chi connectivity index (χ3n) is 8.88.